The quantitative estimate of drug-likeness (QED) is 0.553. The summed E-state index contributed by atoms with van der Waals surface area (Å²) in [5, 5.41) is 2.59. The third kappa shape index (κ3) is 6.73. The van der Waals surface area contributed by atoms with E-state index in [-0.39, 0.29) is 22.8 Å². The Kier molecular flexibility index (Phi) is 7.91. The predicted molar refractivity (Wildman–Crippen MR) is 107 cm³/mol. The minimum Gasteiger partial charge on any atom is -0.451 e. The van der Waals surface area contributed by atoms with Gasteiger partial charge < -0.3 is 15.0 Å². The number of carbonyl (C=O) groups is 3. The Balaban J connectivity index is 2.02. The summed E-state index contributed by atoms with van der Waals surface area (Å²) in [6.07, 6.45) is 1.44. The molecule has 2 aromatic rings. The summed E-state index contributed by atoms with van der Waals surface area (Å²) in [6.45, 7) is 0.594. The number of ether oxygens (including phenoxy) is 1. The molecule has 8 heteroatoms. The van der Waals surface area contributed by atoms with Crippen molar-refractivity contribution in [3.05, 3.63) is 76.2 Å². The number of hydrogen-bond acceptors (Lipinski definition) is 4. The summed E-state index contributed by atoms with van der Waals surface area (Å²) in [7, 11) is 1.44. The third-order valence-corrected chi connectivity index (χ3v) is 4.20. The fraction of sp³-hybridized carbons (Fsp3) is 0.190. The van der Waals surface area contributed by atoms with Gasteiger partial charge in [0.05, 0.1) is 0 Å². The van der Waals surface area contributed by atoms with Crippen LogP contribution in [-0.4, -0.2) is 36.3 Å². The molecule has 2 aromatic carbocycles. The molecule has 0 radical (unpaired) electrons. The zero-order chi connectivity index (χ0) is 21.4. The van der Waals surface area contributed by atoms with Crippen LogP contribution in [0.5, 0.6) is 0 Å². The van der Waals surface area contributed by atoms with Crippen molar-refractivity contribution < 1.29 is 23.5 Å². The number of rotatable bonds is 7. The number of hydrogen-bond donors (Lipinski definition) is 1. The van der Waals surface area contributed by atoms with Crippen molar-refractivity contribution in [1.82, 2.24) is 10.2 Å². The molecule has 29 heavy (non-hydrogen) atoms. The van der Waals surface area contributed by atoms with Gasteiger partial charge in [0.1, 0.15) is 11.5 Å². The van der Waals surface area contributed by atoms with Gasteiger partial charge in [-0.05, 0) is 23.8 Å². The average molecular weight is 419 g/mol. The van der Waals surface area contributed by atoms with Crippen LogP contribution in [0.3, 0.4) is 0 Å². The molecule has 0 saturated carbocycles. The van der Waals surface area contributed by atoms with Crippen LogP contribution in [0.15, 0.2) is 54.2 Å². The fourth-order valence-electron chi connectivity index (χ4n) is 2.38. The first-order valence-corrected chi connectivity index (χ1v) is 9.04. The Morgan fingerprint density at radius 1 is 1.14 bits per heavy atom. The largest absolute Gasteiger partial charge is 0.451 e. The highest BCUT2D eigenvalue weighted by molar-refractivity contribution is 6.31. The molecule has 0 saturated heterocycles. The van der Waals surface area contributed by atoms with Crippen LogP contribution in [0.4, 0.5) is 4.39 Å². The van der Waals surface area contributed by atoms with Gasteiger partial charge in [-0.25, -0.2) is 9.18 Å². The van der Waals surface area contributed by atoms with Crippen LogP contribution in [0.25, 0.3) is 6.08 Å². The number of nitrogens with zero attached hydrogens (tertiary/aromatic N) is 1. The number of esters is 1. The standard InChI is InChI=1S/C21H20ClFN2O4/c1-14(26)24-19(11-15-7-4-3-5-8-15)21(28)29-13-20(27)25(2)12-16-17(22)9-6-10-18(16)23/h3-11H,12-13H2,1-2H3,(H,24,26)/b19-11-. The maximum absolute atomic E-state index is 13.9. The van der Waals surface area contributed by atoms with Gasteiger partial charge >= 0.3 is 5.97 Å². The van der Waals surface area contributed by atoms with Crippen LogP contribution >= 0.6 is 11.6 Å². The van der Waals surface area contributed by atoms with Gasteiger partial charge in [-0.2, -0.15) is 0 Å². The summed E-state index contributed by atoms with van der Waals surface area (Å²) in [4.78, 5) is 37.1. The molecule has 2 rings (SSSR count). The first-order valence-electron chi connectivity index (χ1n) is 8.66. The van der Waals surface area contributed by atoms with E-state index in [0.717, 1.165) is 0 Å². The van der Waals surface area contributed by atoms with Gasteiger partial charge in [0.2, 0.25) is 5.91 Å². The van der Waals surface area contributed by atoms with Gasteiger partial charge in [0.15, 0.2) is 6.61 Å². The second-order valence-corrected chi connectivity index (χ2v) is 6.58. The Morgan fingerprint density at radius 3 is 2.45 bits per heavy atom. The lowest BCUT2D eigenvalue weighted by Gasteiger charge is -2.18. The number of nitrogens with one attached hydrogen (secondary N) is 1. The Labute approximate surface area is 172 Å². The molecule has 0 heterocycles. The number of carbonyl (C=O) groups excluding carboxylic acids is 3. The first kappa shape index (κ1) is 22.1. The molecule has 0 aliphatic rings. The highest BCUT2D eigenvalue weighted by atomic mass is 35.5. The van der Waals surface area contributed by atoms with Gasteiger partial charge in [-0.15, -0.1) is 0 Å². The SMILES string of the molecule is CC(=O)N/C(=C\c1ccccc1)C(=O)OCC(=O)N(C)Cc1c(F)cccc1Cl. The molecule has 0 aliphatic carbocycles. The zero-order valence-electron chi connectivity index (χ0n) is 15.9. The molecule has 6 nitrogen and oxygen atoms in total. The molecule has 1 N–H and O–H groups in total. The minimum atomic E-state index is -0.866. The van der Waals surface area contributed by atoms with Crippen LogP contribution in [0, 0.1) is 5.82 Å². The summed E-state index contributed by atoms with van der Waals surface area (Å²) in [5.41, 5.74) is 0.737. The molecule has 0 fully saturated rings. The number of halogens is 2. The Bertz CT molecular complexity index is 911. The van der Waals surface area contributed by atoms with E-state index in [1.807, 2.05) is 6.07 Å². The van der Waals surface area contributed by atoms with Crippen LogP contribution in [-0.2, 0) is 25.7 Å². The summed E-state index contributed by atoms with van der Waals surface area (Å²) in [6, 6.07) is 13.1. The molecule has 0 atom stereocenters. The maximum Gasteiger partial charge on any atom is 0.355 e. The van der Waals surface area contributed by atoms with Crippen molar-refractivity contribution in [2.75, 3.05) is 13.7 Å². The second-order valence-electron chi connectivity index (χ2n) is 6.18. The molecule has 0 spiro atoms. The molecule has 2 amide bonds. The van der Waals surface area contributed by atoms with E-state index in [2.05, 4.69) is 5.32 Å². The maximum atomic E-state index is 13.9. The van der Waals surface area contributed by atoms with E-state index in [0.29, 0.717) is 5.56 Å². The molecular formula is C21H20ClFN2O4. The predicted octanol–water partition coefficient (Wildman–Crippen LogP) is 3.16. The van der Waals surface area contributed by atoms with Crippen molar-refractivity contribution in [3.63, 3.8) is 0 Å². The fourth-order valence-corrected chi connectivity index (χ4v) is 2.60. The van der Waals surface area contributed by atoms with E-state index in [1.165, 1.54) is 43.1 Å². The van der Waals surface area contributed by atoms with Gasteiger partial charge in [-0.1, -0.05) is 48.0 Å². The third-order valence-electron chi connectivity index (χ3n) is 3.85. The lowest BCUT2D eigenvalue weighted by Crippen LogP contribution is -2.33. The molecule has 0 aliphatic heterocycles. The monoisotopic (exact) mass is 418 g/mol. The second kappa shape index (κ2) is 10.4. The van der Waals surface area contributed by atoms with Crippen molar-refractivity contribution >= 4 is 35.5 Å². The Morgan fingerprint density at radius 2 is 1.83 bits per heavy atom. The first-order chi connectivity index (χ1) is 13.8. The van der Waals surface area contributed by atoms with Gasteiger partial charge in [0, 0.05) is 31.1 Å². The smallest absolute Gasteiger partial charge is 0.355 e. The van der Waals surface area contributed by atoms with Crippen molar-refractivity contribution in [2.45, 2.75) is 13.5 Å². The van der Waals surface area contributed by atoms with Gasteiger partial charge in [-0.3, -0.25) is 9.59 Å². The van der Waals surface area contributed by atoms with Gasteiger partial charge in [0.25, 0.3) is 5.91 Å². The average Bonchev–Trinajstić information content (AvgIpc) is 2.68. The number of likely N-dealkylation sites (N-methyl/N-ethyl adjacent to an activating group) is 1. The Hall–Kier alpha value is -3.19. The number of benzene rings is 2. The van der Waals surface area contributed by atoms with E-state index in [4.69, 9.17) is 16.3 Å². The highest BCUT2D eigenvalue weighted by Crippen LogP contribution is 2.20. The van der Waals surface area contributed by atoms with Crippen molar-refractivity contribution in [3.8, 4) is 0 Å². The minimum absolute atomic E-state index is 0.0830. The molecule has 0 unspecified atom stereocenters. The molecule has 0 aromatic heterocycles. The van der Waals surface area contributed by atoms with E-state index >= 15 is 0 Å². The molecule has 0 bridgehead atoms. The highest BCUT2D eigenvalue weighted by Gasteiger charge is 2.18. The van der Waals surface area contributed by atoms with Crippen molar-refractivity contribution in [1.29, 1.82) is 0 Å². The normalized spacial score (nSPS) is 11.0. The molecule has 152 valence electrons. The summed E-state index contributed by atoms with van der Waals surface area (Å²) < 4.78 is 18.9. The molecular weight excluding hydrogens is 399 g/mol. The number of amides is 2. The topological polar surface area (TPSA) is 75.7 Å². The van der Waals surface area contributed by atoms with Crippen LogP contribution in [0.2, 0.25) is 5.02 Å². The van der Waals surface area contributed by atoms with Crippen LogP contribution in [0.1, 0.15) is 18.1 Å². The van der Waals surface area contributed by atoms with Crippen LogP contribution < -0.4 is 5.32 Å². The van der Waals surface area contributed by atoms with E-state index in [9.17, 15) is 18.8 Å². The summed E-state index contributed by atoms with van der Waals surface area (Å²) in [5.74, 6) is -2.41. The lowest BCUT2D eigenvalue weighted by molar-refractivity contribution is -0.149. The zero-order valence-corrected chi connectivity index (χ0v) is 16.7. The van der Waals surface area contributed by atoms with Crippen molar-refractivity contribution in [2.24, 2.45) is 0 Å². The van der Waals surface area contributed by atoms with E-state index in [1.54, 1.807) is 24.3 Å². The lowest BCUT2D eigenvalue weighted by atomic mass is 10.2. The van der Waals surface area contributed by atoms with E-state index < -0.39 is 30.2 Å². The summed E-state index contributed by atoms with van der Waals surface area (Å²) >= 11 is 5.96.